The molecule has 144 valence electrons. The Kier molecular flexibility index (Phi) is 7.36. The predicted molar refractivity (Wildman–Crippen MR) is 102 cm³/mol. The van der Waals surface area contributed by atoms with Crippen LogP contribution in [-0.4, -0.2) is 23.7 Å². The van der Waals surface area contributed by atoms with Gasteiger partial charge in [-0.05, 0) is 56.2 Å². The molecule has 0 aliphatic heterocycles. The standard InChI is InChI=1S/C20H21F2NO3S/c1-12-7-8-15(11-13(12)2)27-10-9-18(24)26-14(3)20(25)23-19-16(21)5-4-6-17(19)22/h4-8,11,14H,9-10H2,1-3H3,(H,23,25)/t14-/m0/s1. The molecule has 0 bridgehead atoms. The van der Waals surface area contributed by atoms with Crippen LogP contribution in [0.5, 0.6) is 0 Å². The number of thioether (sulfide) groups is 1. The van der Waals surface area contributed by atoms with E-state index in [1.54, 1.807) is 0 Å². The molecular formula is C20H21F2NO3S. The van der Waals surface area contributed by atoms with E-state index in [4.69, 9.17) is 4.74 Å². The van der Waals surface area contributed by atoms with Gasteiger partial charge < -0.3 is 10.1 Å². The average Bonchev–Trinajstić information content (AvgIpc) is 2.61. The quantitative estimate of drug-likeness (QED) is 0.550. The lowest BCUT2D eigenvalue weighted by Crippen LogP contribution is -2.30. The van der Waals surface area contributed by atoms with E-state index >= 15 is 0 Å². The van der Waals surface area contributed by atoms with Gasteiger partial charge in [-0.25, -0.2) is 8.78 Å². The van der Waals surface area contributed by atoms with Gasteiger partial charge in [-0.2, -0.15) is 0 Å². The van der Waals surface area contributed by atoms with Gasteiger partial charge in [-0.3, -0.25) is 9.59 Å². The van der Waals surface area contributed by atoms with Gasteiger partial charge in [0, 0.05) is 10.6 Å². The highest BCUT2D eigenvalue weighted by atomic mass is 32.2. The number of halogens is 2. The minimum absolute atomic E-state index is 0.114. The number of aryl methyl sites for hydroxylation is 2. The number of amides is 1. The zero-order valence-corrected chi connectivity index (χ0v) is 16.2. The van der Waals surface area contributed by atoms with Gasteiger partial charge in [0.25, 0.3) is 5.91 Å². The van der Waals surface area contributed by atoms with Crippen molar-refractivity contribution in [2.45, 2.75) is 38.2 Å². The molecule has 0 saturated carbocycles. The molecule has 7 heteroatoms. The van der Waals surface area contributed by atoms with Crippen molar-refractivity contribution in [3.05, 3.63) is 59.2 Å². The number of carbonyl (C=O) groups excluding carboxylic acids is 2. The number of carbonyl (C=O) groups is 2. The van der Waals surface area contributed by atoms with Crippen LogP contribution in [0.15, 0.2) is 41.3 Å². The summed E-state index contributed by atoms with van der Waals surface area (Å²) in [7, 11) is 0. The van der Waals surface area contributed by atoms with Crippen molar-refractivity contribution >= 4 is 29.3 Å². The van der Waals surface area contributed by atoms with Gasteiger partial charge in [-0.15, -0.1) is 11.8 Å². The number of rotatable bonds is 7. The number of anilines is 1. The van der Waals surface area contributed by atoms with Crippen molar-refractivity contribution in [3.8, 4) is 0 Å². The number of ether oxygens (including phenoxy) is 1. The van der Waals surface area contributed by atoms with Crippen molar-refractivity contribution in [2.24, 2.45) is 0 Å². The maximum absolute atomic E-state index is 13.6. The van der Waals surface area contributed by atoms with Crippen molar-refractivity contribution in [1.82, 2.24) is 0 Å². The molecule has 1 atom stereocenters. The first-order valence-electron chi connectivity index (χ1n) is 8.42. The molecule has 2 aromatic rings. The zero-order chi connectivity index (χ0) is 20.0. The Hall–Kier alpha value is -2.41. The van der Waals surface area contributed by atoms with Crippen LogP contribution in [0.3, 0.4) is 0 Å². The molecule has 0 fully saturated rings. The highest BCUT2D eigenvalue weighted by Crippen LogP contribution is 2.22. The third-order valence-corrected chi connectivity index (χ3v) is 4.94. The van der Waals surface area contributed by atoms with Crippen LogP contribution in [0.4, 0.5) is 14.5 Å². The minimum atomic E-state index is -1.16. The van der Waals surface area contributed by atoms with E-state index in [-0.39, 0.29) is 6.42 Å². The number of nitrogens with one attached hydrogen (secondary N) is 1. The molecule has 0 aliphatic rings. The summed E-state index contributed by atoms with van der Waals surface area (Å²) in [5.41, 5.74) is 1.81. The fraction of sp³-hybridized carbons (Fsp3) is 0.300. The van der Waals surface area contributed by atoms with E-state index in [2.05, 4.69) is 5.32 Å². The average molecular weight is 393 g/mol. The first kappa shape index (κ1) is 20.9. The third kappa shape index (κ3) is 6.06. The minimum Gasteiger partial charge on any atom is -0.453 e. The maximum Gasteiger partial charge on any atom is 0.307 e. The Balaban J connectivity index is 1.80. The van der Waals surface area contributed by atoms with Gasteiger partial charge in [0.1, 0.15) is 17.3 Å². The Morgan fingerprint density at radius 2 is 1.78 bits per heavy atom. The molecule has 0 heterocycles. The molecule has 0 aromatic heterocycles. The number of para-hydroxylation sites is 1. The topological polar surface area (TPSA) is 55.4 Å². The summed E-state index contributed by atoms with van der Waals surface area (Å²) in [5.74, 6) is -2.65. The fourth-order valence-corrected chi connectivity index (χ4v) is 3.14. The molecule has 2 rings (SSSR count). The molecule has 0 aliphatic carbocycles. The summed E-state index contributed by atoms with van der Waals surface area (Å²) in [5, 5.41) is 2.11. The number of benzene rings is 2. The van der Waals surface area contributed by atoms with Crippen LogP contribution in [0.25, 0.3) is 0 Å². The van der Waals surface area contributed by atoms with E-state index in [1.165, 1.54) is 35.9 Å². The zero-order valence-electron chi connectivity index (χ0n) is 15.3. The van der Waals surface area contributed by atoms with Gasteiger partial charge in [0.05, 0.1) is 6.42 Å². The largest absolute Gasteiger partial charge is 0.453 e. The van der Waals surface area contributed by atoms with Gasteiger partial charge in [-0.1, -0.05) is 12.1 Å². The SMILES string of the molecule is Cc1ccc(SCCC(=O)O[C@@H](C)C(=O)Nc2c(F)cccc2F)cc1C. The van der Waals surface area contributed by atoms with Crippen LogP contribution >= 0.6 is 11.8 Å². The Labute approximate surface area is 161 Å². The normalized spacial score (nSPS) is 11.7. The van der Waals surface area contributed by atoms with Crippen LogP contribution in [0, 0.1) is 25.5 Å². The van der Waals surface area contributed by atoms with E-state index < -0.39 is 35.3 Å². The van der Waals surface area contributed by atoms with E-state index in [1.807, 2.05) is 32.0 Å². The van der Waals surface area contributed by atoms with E-state index in [0.717, 1.165) is 17.0 Å². The summed E-state index contributed by atoms with van der Waals surface area (Å²) in [6, 6.07) is 9.29. The van der Waals surface area contributed by atoms with Gasteiger partial charge in [0.2, 0.25) is 0 Å². The molecular weight excluding hydrogens is 372 g/mol. The second-order valence-corrected chi connectivity index (χ2v) is 7.23. The maximum atomic E-state index is 13.6. The smallest absolute Gasteiger partial charge is 0.307 e. The monoisotopic (exact) mass is 393 g/mol. The molecule has 0 saturated heterocycles. The summed E-state index contributed by atoms with van der Waals surface area (Å²) < 4.78 is 32.1. The van der Waals surface area contributed by atoms with Crippen molar-refractivity contribution in [3.63, 3.8) is 0 Å². The lowest BCUT2D eigenvalue weighted by atomic mass is 10.1. The molecule has 1 N–H and O–H groups in total. The van der Waals surface area contributed by atoms with Crippen molar-refractivity contribution < 1.29 is 23.1 Å². The fourth-order valence-electron chi connectivity index (χ4n) is 2.21. The highest BCUT2D eigenvalue weighted by molar-refractivity contribution is 7.99. The van der Waals surface area contributed by atoms with Gasteiger partial charge in [0.15, 0.2) is 6.10 Å². The summed E-state index contributed by atoms with van der Waals surface area (Å²) in [6.45, 7) is 5.40. The Bertz CT molecular complexity index is 822. The second kappa shape index (κ2) is 9.50. The summed E-state index contributed by atoms with van der Waals surface area (Å²) in [4.78, 5) is 24.9. The molecule has 0 radical (unpaired) electrons. The highest BCUT2D eigenvalue weighted by Gasteiger charge is 2.20. The summed E-state index contributed by atoms with van der Waals surface area (Å²) in [6.07, 6.45) is -1.05. The Morgan fingerprint density at radius 1 is 1.11 bits per heavy atom. The predicted octanol–water partition coefficient (Wildman–Crippen LogP) is 4.63. The number of hydrogen-bond acceptors (Lipinski definition) is 4. The number of hydrogen-bond donors (Lipinski definition) is 1. The summed E-state index contributed by atoms with van der Waals surface area (Å²) >= 11 is 1.51. The van der Waals surface area contributed by atoms with Crippen LogP contribution < -0.4 is 5.32 Å². The first-order chi connectivity index (χ1) is 12.8. The van der Waals surface area contributed by atoms with Crippen molar-refractivity contribution in [2.75, 3.05) is 11.1 Å². The second-order valence-electron chi connectivity index (χ2n) is 6.06. The van der Waals surface area contributed by atoms with Crippen molar-refractivity contribution in [1.29, 1.82) is 0 Å². The first-order valence-corrected chi connectivity index (χ1v) is 9.41. The van der Waals surface area contributed by atoms with E-state index in [9.17, 15) is 18.4 Å². The lowest BCUT2D eigenvalue weighted by Gasteiger charge is -2.14. The molecule has 0 spiro atoms. The van der Waals surface area contributed by atoms with E-state index in [0.29, 0.717) is 5.75 Å². The molecule has 27 heavy (non-hydrogen) atoms. The molecule has 2 aromatic carbocycles. The number of esters is 1. The molecule has 0 unspecified atom stereocenters. The molecule has 1 amide bonds. The van der Waals surface area contributed by atoms with Gasteiger partial charge >= 0.3 is 5.97 Å². The van der Waals surface area contributed by atoms with Crippen LogP contribution in [0.2, 0.25) is 0 Å². The van der Waals surface area contributed by atoms with Crippen LogP contribution in [0.1, 0.15) is 24.5 Å². The lowest BCUT2D eigenvalue weighted by molar-refractivity contribution is -0.152. The molecule has 4 nitrogen and oxygen atoms in total. The van der Waals surface area contributed by atoms with Crippen LogP contribution in [-0.2, 0) is 14.3 Å². The Morgan fingerprint density at radius 3 is 2.41 bits per heavy atom. The third-order valence-electron chi connectivity index (χ3n) is 3.94.